The van der Waals surface area contributed by atoms with Gasteiger partial charge in [0.05, 0.1) is 19.9 Å². The Bertz CT molecular complexity index is 920. The number of nitrogens with zero attached hydrogens (tertiary/aromatic N) is 2. The summed E-state index contributed by atoms with van der Waals surface area (Å²) in [4.78, 5) is 7.18. The first-order chi connectivity index (χ1) is 13.5. The first kappa shape index (κ1) is 20.4. The Morgan fingerprint density at radius 2 is 1.82 bits per heavy atom. The number of rotatable bonds is 8. The number of aromatic nitrogens is 1. The van der Waals surface area contributed by atoms with Crippen molar-refractivity contribution in [2.24, 2.45) is 5.92 Å². The Balaban J connectivity index is 1.87. The molecule has 0 amide bonds. The third-order valence-electron chi connectivity index (χ3n) is 4.49. The third-order valence-corrected chi connectivity index (χ3v) is 5.43. The fourth-order valence-electron chi connectivity index (χ4n) is 3.34. The van der Waals surface area contributed by atoms with Gasteiger partial charge in [0.2, 0.25) is 0 Å². The van der Waals surface area contributed by atoms with Crippen LogP contribution in [-0.2, 0) is 6.54 Å². The predicted molar refractivity (Wildman–Crippen MR) is 117 cm³/mol. The molecular weight excluding hydrogens is 368 g/mol. The topological polar surface area (TPSA) is 34.6 Å². The summed E-state index contributed by atoms with van der Waals surface area (Å²) < 4.78 is 10.9. The molecule has 3 aromatic rings. The second-order valence-corrected chi connectivity index (χ2v) is 8.24. The number of benzene rings is 2. The molecule has 1 aromatic heterocycles. The van der Waals surface area contributed by atoms with Crippen LogP contribution in [0, 0.1) is 5.92 Å². The summed E-state index contributed by atoms with van der Waals surface area (Å²) in [5.41, 5.74) is 4.33. The quantitative estimate of drug-likeness (QED) is 0.498. The van der Waals surface area contributed by atoms with Crippen LogP contribution in [0.4, 0.5) is 0 Å². The lowest BCUT2D eigenvalue weighted by atomic mass is 10.0. The van der Waals surface area contributed by atoms with Gasteiger partial charge in [-0.1, -0.05) is 32.0 Å². The summed E-state index contributed by atoms with van der Waals surface area (Å²) in [6.45, 7) is 6.42. The van der Waals surface area contributed by atoms with Crippen LogP contribution in [-0.4, -0.2) is 37.7 Å². The number of ether oxygens (including phenoxy) is 2. The van der Waals surface area contributed by atoms with E-state index < -0.39 is 0 Å². The van der Waals surface area contributed by atoms with Crippen molar-refractivity contribution in [2.45, 2.75) is 20.4 Å². The van der Waals surface area contributed by atoms with Gasteiger partial charge in [0.15, 0.2) is 0 Å². The Morgan fingerprint density at radius 3 is 2.54 bits per heavy atom. The van der Waals surface area contributed by atoms with Crippen molar-refractivity contribution in [3.05, 3.63) is 53.5 Å². The van der Waals surface area contributed by atoms with Crippen LogP contribution in [0.5, 0.6) is 11.5 Å². The first-order valence-corrected chi connectivity index (χ1v) is 10.3. The molecule has 2 aromatic carbocycles. The molecule has 0 bridgehead atoms. The lowest BCUT2D eigenvalue weighted by Gasteiger charge is -2.17. The van der Waals surface area contributed by atoms with Crippen molar-refractivity contribution in [3.8, 4) is 33.2 Å². The molecule has 28 heavy (non-hydrogen) atoms. The molecule has 148 valence electrons. The average Bonchev–Trinajstić information content (AvgIpc) is 3.15. The highest BCUT2D eigenvalue weighted by molar-refractivity contribution is 7.13. The molecule has 0 saturated heterocycles. The summed E-state index contributed by atoms with van der Waals surface area (Å²) in [7, 11) is 5.51. The van der Waals surface area contributed by atoms with E-state index in [0.717, 1.165) is 52.0 Å². The SMILES string of the molecule is COc1ccc(OC)c(-c2cccc(-c3nc(CN(C)CC(C)C)cs3)c2)c1. The number of hydrogen-bond donors (Lipinski definition) is 0. The molecule has 0 N–H and O–H groups in total. The smallest absolute Gasteiger partial charge is 0.126 e. The van der Waals surface area contributed by atoms with Gasteiger partial charge in [0.1, 0.15) is 16.5 Å². The van der Waals surface area contributed by atoms with Gasteiger partial charge in [-0.15, -0.1) is 11.3 Å². The highest BCUT2D eigenvalue weighted by atomic mass is 32.1. The molecular formula is C23H28N2O2S. The highest BCUT2D eigenvalue weighted by Gasteiger charge is 2.12. The standard InChI is InChI=1S/C23H28N2O2S/c1-16(2)13-25(3)14-19-15-28-23(24-19)18-8-6-7-17(11-18)21-12-20(26-4)9-10-22(21)27-5/h6-12,15-16H,13-14H2,1-5H3. The molecule has 0 aliphatic rings. The Labute approximate surface area is 171 Å². The number of thiazole rings is 1. The minimum absolute atomic E-state index is 0.651. The van der Waals surface area contributed by atoms with E-state index in [2.05, 4.69) is 55.4 Å². The summed E-state index contributed by atoms with van der Waals surface area (Å²) in [6.07, 6.45) is 0. The Hall–Kier alpha value is -2.37. The van der Waals surface area contributed by atoms with Gasteiger partial charge in [-0.2, -0.15) is 0 Å². The molecule has 0 atom stereocenters. The lowest BCUT2D eigenvalue weighted by Crippen LogP contribution is -2.22. The fourth-order valence-corrected chi connectivity index (χ4v) is 4.14. The molecule has 0 radical (unpaired) electrons. The monoisotopic (exact) mass is 396 g/mol. The zero-order chi connectivity index (χ0) is 20.1. The van der Waals surface area contributed by atoms with Crippen molar-refractivity contribution < 1.29 is 9.47 Å². The Kier molecular flexibility index (Phi) is 6.70. The van der Waals surface area contributed by atoms with E-state index in [9.17, 15) is 0 Å². The van der Waals surface area contributed by atoms with E-state index in [4.69, 9.17) is 14.5 Å². The van der Waals surface area contributed by atoms with Gasteiger partial charge in [0, 0.05) is 29.6 Å². The second-order valence-electron chi connectivity index (χ2n) is 7.38. The van der Waals surface area contributed by atoms with Gasteiger partial charge in [-0.3, -0.25) is 0 Å². The number of methoxy groups -OCH3 is 2. The maximum absolute atomic E-state index is 5.55. The van der Waals surface area contributed by atoms with E-state index >= 15 is 0 Å². The molecule has 3 rings (SSSR count). The molecule has 0 spiro atoms. The number of hydrogen-bond acceptors (Lipinski definition) is 5. The van der Waals surface area contributed by atoms with Crippen molar-refractivity contribution in [1.29, 1.82) is 0 Å². The van der Waals surface area contributed by atoms with E-state index in [1.165, 1.54) is 0 Å². The molecule has 5 heteroatoms. The first-order valence-electron chi connectivity index (χ1n) is 9.46. The van der Waals surface area contributed by atoms with Crippen LogP contribution in [0.3, 0.4) is 0 Å². The summed E-state index contributed by atoms with van der Waals surface area (Å²) in [5, 5.41) is 3.20. The molecule has 0 unspecified atom stereocenters. The van der Waals surface area contributed by atoms with Crippen LogP contribution in [0.15, 0.2) is 47.8 Å². The zero-order valence-corrected chi connectivity index (χ0v) is 18.0. The van der Waals surface area contributed by atoms with Crippen molar-refractivity contribution in [2.75, 3.05) is 27.8 Å². The average molecular weight is 397 g/mol. The van der Waals surface area contributed by atoms with Crippen LogP contribution < -0.4 is 9.47 Å². The molecule has 0 saturated carbocycles. The van der Waals surface area contributed by atoms with Crippen LogP contribution >= 0.6 is 11.3 Å². The van der Waals surface area contributed by atoms with E-state index in [1.54, 1.807) is 25.6 Å². The third kappa shape index (κ3) is 4.91. The molecule has 0 aliphatic heterocycles. The Morgan fingerprint density at radius 1 is 1.04 bits per heavy atom. The highest BCUT2D eigenvalue weighted by Crippen LogP contribution is 2.35. The largest absolute Gasteiger partial charge is 0.497 e. The van der Waals surface area contributed by atoms with Crippen molar-refractivity contribution in [3.63, 3.8) is 0 Å². The van der Waals surface area contributed by atoms with Crippen molar-refractivity contribution >= 4 is 11.3 Å². The van der Waals surface area contributed by atoms with Crippen LogP contribution in [0.2, 0.25) is 0 Å². The van der Waals surface area contributed by atoms with Crippen molar-refractivity contribution in [1.82, 2.24) is 9.88 Å². The minimum Gasteiger partial charge on any atom is -0.497 e. The molecule has 0 fully saturated rings. The van der Waals surface area contributed by atoms with Crippen LogP contribution in [0.1, 0.15) is 19.5 Å². The molecule has 1 heterocycles. The maximum atomic E-state index is 5.55. The second kappa shape index (κ2) is 9.22. The normalized spacial score (nSPS) is 11.2. The van der Waals surface area contributed by atoms with Gasteiger partial charge < -0.3 is 14.4 Å². The molecule has 4 nitrogen and oxygen atoms in total. The van der Waals surface area contributed by atoms with E-state index in [0.29, 0.717) is 5.92 Å². The minimum atomic E-state index is 0.651. The summed E-state index contributed by atoms with van der Waals surface area (Å²) >= 11 is 1.69. The van der Waals surface area contributed by atoms with Crippen LogP contribution in [0.25, 0.3) is 21.7 Å². The maximum Gasteiger partial charge on any atom is 0.126 e. The van der Waals surface area contributed by atoms with E-state index in [-0.39, 0.29) is 0 Å². The lowest BCUT2D eigenvalue weighted by molar-refractivity contribution is 0.286. The fraction of sp³-hybridized carbons (Fsp3) is 0.348. The predicted octanol–water partition coefficient (Wildman–Crippen LogP) is 5.58. The summed E-state index contributed by atoms with van der Waals surface area (Å²) in [6, 6.07) is 14.3. The zero-order valence-electron chi connectivity index (χ0n) is 17.2. The van der Waals surface area contributed by atoms with E-state index in [1.807, 2.05) is 18.2 Å². The van der Waals surface area contributed by atoms with Gasteiger partial charge in [0.25, 0.3) is 0 Å². The molecule has 0 aliphatic carbocycles. The summed E-state index contributed by atoms with van der Waals surface area (Å²) in [5.74, 6) is 2.29. The van der Waals surface area contributed by atoms with Gasteiger partial charge in [-0.25, -0.2) is 4.98 Å². The van der Waals surface area contributed by atoms with Gasteiger partial charge in [-0.05, 0) is 42.8 Å². The van der Waals surface area contributed by atoms with Gasteiger partial charge >= 0.3 is 0 Å².